The summed E-state index contributed by atoms with van der Waals surface area (Å²) in [5.41, 5.74) is 1.98. The van der Waals surface area contributed by atoms with E-state index in [9.17, 15) is 9.59 Å². The number of esters is 1. The standard InChI is InChI=1S/C24H25N7O5/c1-2-34-23(32)15-31-22(27-28-29-31)14-30(12-16-4-3-5-25-11-16)13-18-8-17-9-20-21(36-7-6-35-20)10-19(17)26-24(18)33/h3-5,8-11H,2,6-7,12-15H2,1H3,(H,26,33). The molecule has 12 heteroatoms. The summed E-state index contributed by atoms with van der Waals surface area (Å²) in [5, 5.41) is 12.6. The van der Waals surface area contributed by atoms with Crippen molar-refractivity contribution in [1.29, 1.82) is 0 Å². The number of aromatic amines is 1. The van der Waals surface area contributed by atoms with E-state index in [2.05, 4.69) is 25.5 Å². The number of pyridine rings is 2. The first-order valence-corrected chi connectivity index (χ1v) is 11.6. The molecule has 0 fully saturated rings. The number of H-pyrrole nitrogens is 1. The molecule has 0 aliphatic carbocycles. The second kappa shape index (κ2) is 10.5. The summed E-state index contributed by atoms with van der Waals surface area (Å²) < 4.78 is 17.8. The van der Waals surface area contributed by atoms with Gasteiger partial charge < -0.3 is 19.2 Å². The number of rotatable bonds is 9. The van der Waals surface area contributed by atoms with E-state index < -0.39 is 5.97 Å². The molecule has 36 heavy (non-hydrogen) atoms. The first kappa shape index (κ1) is 23.4. The van der Waals surface area contributed by atoms with E-state index in [1.54, 1.807) is 25.4 Å². The highest BCUT2D eigenvalue weighted by molar-refractivity contribution is 5.83. The molecular formula is C24H25N7O5. The van der Waals surface area contributed by atoms with E-state index in [0.717, 1.165) is 10.9 Å². The van der Waals surface area contributed by atoms with Crippen LogP contribution < -0.4 is 15.0 Å². The van der Waals surface area contributed by atoms with Gasteiger partial charge in [-0.05, 0) is 41.1 Å². The fraction of sp³-hybridized carbons (Fsp3) is 0.333. The topological polar surface area (TPSA) is 137 Å². The van der Waals surface area contributed by atoms with Crippen LogP contribution in [0.3, 0.4) is 0 Å². The van der Waals surface area contributed by atoms with Crippen molar-refractivity contribution in [2.75, 3.05) is 19.8 Å². The smallest absolute Gasteiger partial charge is 0.327 e. The molecule has 5 rings (SSSR count). The number of tetrazole rings is 1. The van der Waals surface area contributed by atoms with E-state index in [4.69, 9.17) is 14.2 Å². The lowest BCUT2D eigenvalue weighted by Gasteiger charge is -2.22. The van der Waals surface area contributed by atoms with Crippen LogP contribution in [0.15, 0.2) is 47.5 Å². The number of nitrogens with zero attached hydrogens (tertiary/aromatic N) is 6. The maximum atomic E-state index is 13.0. The number of benzene rings is 1. The molecule has 12 nitrogen and oxygen atoms in total. The maximum Gasteiger partial charge on any atom is 0.327 e. The number of carbonyl (C=O) groups excluding carboxylic acids is 1. The van der Waals surface area contributed by atoms with Gasteiger partial charge in [-0.2, -0.15) is 0 Å². The molecule has 3 aromatic heterocycles. The van der Waals surface area contributed by atoms with E-state index in [-0.39, 0.29) is 18.7 Å². The maximum absolute atomic E-state index is 13.0. The SMILES string of the molecule is CCOC(=O)Cn1nnnc1CN(Cc1cccnc1)Cc1cc2cc3c(cc2[nH]c1=O)OCCO3. The van der Waals surface area contributed by atoms with Crippen molar-refractivity contribution < 1.29 is 19.0 Å². The first-order valence-electron chi connectivity index (χ1n) is 11.6. The van der Waals surface area contributed by atoms with Crippen molar-refractivity contribution in [1.82, 2.24) is 35.1 Å². The highest BCUT2D eigenvalue weighted by Crippen LogP contribution is 2.33. The Kier molecular flexibility index (Phi) is 6.85. The second-order valence-electron chi connectivity index (χ2n) is 8.27. The monoisotopic (exact) mass is 491 g/mol. The normalized spacial score (nSPS) is 12.7. The largest absolute Gasteiger partial charge is 0.486 e. The van der Waals surface area contributed by atoms with Gasteiger partial charge in [0.25, 0.3) is 5.56 Å². The quantitative estimate of drug-likeness (QED) is 0.342. The molecule has 0 unspecified atom stereocenters. The van der Waals surface area contributed by atoms with Crippen LogP contribution in [0, 0.1) is 0 Å². The molecular weight excluding hydrogens is 466 g/mol. The molecule has 0 bridgehead atoms. The number of fused-ring (bicyclic) bond motifs is 2. The van der Waals surface area contributed by atoms with Crippen molar-refractivity contribution in [3.8, 4) is 11.5 Å². The van der Waals surface area contributed by atoms with Gasteiger partial charge in [-0.3, -0.25) is 19.5 Å². The van der Waals surface area contributed by atoms with E-state index >= 15 is 0 Å². The average Bonchev–Trinajstić information content (AvgIpc) is 3.30. The van der Waals surface area contributed by atoms with Crippen molar-refractivity contribution in [3.63, 3.8) is 0 Å². The summed E-state index contributed by atoms with van der Waals surface area (Å²) >= 11 is 0. The zero-order chi connectivity index (χ0) is 24.9. The number of hydrogen-bond acceptors (Lipinski definition) is 10. The minimum absolute atomic E-state index is 0.0966. The van der Waals surface area contributed by atoms with Crippen LogP contribution in [0.25, 0.3) is 10.9 Å². The van der Waals surface area contributed by atoms with Gasteiger partial charge in [0.2, 0.25) is 0 Å². The minimum Gasteiger partial charge on any atom is -0.486 e. The molecule has 1 aliphatic heterocycles. The molecule has 1 aromatic carbocycles. The Labute approximate surface area is 205 Å². The van der Waals surface area contributed by atoms with Crippen molar-refractivity contribution in [3.05, 3.63) is 70.0 Å². The first-order chi connectivity index (χ1) is 17.6. The van der Waals surface area contributed by atoms with Crippen molar-refractivity contribution in [2.45, 2.75) is 33.1 Å². The highest BCUT2D eigenvalue weighted by Gasteiger charge is 2.19. The summed E-state index contributed by atoms with van der Waals surface area (Å²) in [7, 11) is 0. The second-order valence-corrected chi connectivity index (χ2v) is 8.27. The predicted molar refractivity (Wildman–Crippen MR) is 127 cm³/mol. The van der Waals surface area contributed by atoms with Gasteiger partial charge in [-0.1, -0.05) is 6.07 Å². The lowest BCUT2D eigenvalue weighted by Crippen LogP contribution is -2.28. The van der Waals surface area contributed by atoms with Crippen LogP contribution in [0.4, 0.5) is 0 Å². The molecule has 186 valence electrons. The van der Waals surface area contributed by atoms with Crippen LogP contribution >= 0.6 is 0 Å². The Morgan fingerprint density at radius 1 is 1.17 bits per heavy atom. The third-order valence-corrected chi connectivity index (χ3v) is 5.66. The molecule has 0 spiro atoms. The number of carbonyl (C=O) groups is 1. The number of nitrogens with one attached hydrogen (secondary N) is 1. The zero-order valence-electron chi connectivity index (χ0n) is 19.7. The Morgan fingerprint density at radius 2 is 2.00 bits per heavy atom. The fourth-order valence-corrected chi connectivity index (χ4v) is 4.05. The molecule has 1 N–H and O–H groups in total. The van der Waals surface area contributed by atoms with Crippen LogP contribution in [0.2, 0.25) is 0 Å². The molecule has 1 aliphatic rings. The average molecular weight is 492 g/mol. The minimum atomic E-state index is -0.426. The predicted octanol–water partition coefficient (Wildman–Crippen LogP) is 1.45. The third-order valence-electron chi connectivity index (χ3n) is 5.66. The zero-order valence-corrected chi connectivity index (χ0v) is 19.7. The van der Waals surface area contributed by atoms with Crippen molar-refractivity contribution >= 4 is 16.9 Å². The van der Waals surface area contributed by atoms with E-state index in [1.165, 1.54) is 4.68 Å². The summed E-state index contributed by atoms with van der Waals surface area (Å²) in [5.74, 6) is 1.31. The summed E-state index contributed by atoms with van der Waals surface area (Å²) in [6.45, 7) is 3.95. The number of hydrogen-bond donors (Lipinski definition) is 1. The summed E-state index contributed by atoms with van der Waals surface area (Å²) in [4.78, 5) is 34.1. The highest BCUT2D eigenvalue weighted by atomic mass is 16.6. The lowest BCUT2D eigenvalue weighted by molar-refractivity contribution is -0.144. The van der Waals surface area contributed by atoms with Crippen LogP contribution in [-0.4, -0.2) is 60.9 Å². The van der Waals surface area contributed by atoms with E-state index in [1.807, 2.05) is 29.2 Å². The van der Waals surface area contributed by atoms with Gasteiger partial charge in [0.15, 0.2) is 17.3 Å². The Balaban J connectivity index is 1.43. The third kappa shape index (κ3) is 5.33. The Bertz CT molecular complexity index is 1420. The lowest BCUT2D eigenvalue weighted by atomic mass is 10.1. The molecule has 0 saturated heterocycles. The molecule has 0 amide bonds. The number of ether oxygens (including phenoxy) is 3. The van der Waals surface area contributed by atoms with Crippen LogP contribution in [-0.2, 0) is 35.7 Å². The summed E-state index contributed by atoms with van der Waals surface area (Å²) in [6, 6.07) is 9.31. The summed E-state index contributed by atoms with van der Waals surface area (Å²) in [6.07, 6.45) is 3.47. The van der Waals surface area contributed by atoms with Gasteiger partial charge in [0.1, 0.15) is 19.8 Å². The Hall–Kier alpha value is -4.32. The van der Waals surface area contributed by atoms with E-state index in [0.29, 0.717) is 61.3 Å². The van der Waals surface area contributed by atoms with Gasteiger partial charge in [-0.25, -0.2) is 4.68 Å². The van der Waals surface area contributed by atoms with Gasteiger partial charge in [0.05, 0.1) is 18.7 Å². The number of aromatic nitrogens is 6. The van der Waals surface area contributed by atoms with Gasteiger partial charge in [0, 0.05) is 42.5 Å². The van der Waals surface area contributed by atoms with Gasteiger partial charge >= 0.3 is 5.97 Å². The van der Waals surface area contributed by atoms with Gasteiger partial charge in [-0.15, -0.1) is 5.10 Å². The molecule has 0 radical (unpaired) electrons. The van der Waals surface area contributed by atoms with Crippen molar-refractivity contribution in [2.24, 2.45) is 0 Å². The Morgan fingerprint density at radius 3 is 2.78 bits per heavy atom. The molecule has 0 atom stereocenters. The molecule has 4 heterocycles. The molecule has 4 aromatic rings. The van der Waals surface area contributed by atoms with Crippen LogP contribution in [0.5, 0.6) is 11.5 Å². The molecule has 0 saturated carbocycles. The van der Waals surface area contributed by atoms with Crippen LogP contribution in [0.1, 0.15) is 23.9 Å². The fourth-order valence-electron chi connectivity index (χ4n) is 4.05.